The molecule has 0 aliphatic carbocycles. The van der Waals surface area contributed by atoms with Gasteiger partial charge in [0.05, 0.1) is 12.0 Å². The van der Waals surface area contributed by atoms with Crippen LogP contribution in [0.2, 0.25) is 5.02 Å². The van der Waals surface area contributed by atoms with Gasteiger partial charge in [-0.15, -0.1) is 11.8 Å². The zero-order valence-electron chi connectivity index (χ0n) is 11.2. The molecule has 2 rings (SSSR count). The molecule has 0 fully saturated rings. The Morgan fingerprint density at radius 2 is 2.29 bits per heavy atom. The standard InChI is InChI=1S/C15H14ClN3OS/c16-14-5-1-3-12(7-14)10-21-11-15(20)19-18-9-13-4-2-6-17-8-13/h1-9H,10-11H2,(H,19,20)/b18-9+. The van der Waals surface area contributed by atoms with Crippen molar-refractivity contribution in [1.82, 2.24) is 10.4 Å². The quantitative estimate of drug-likeness (QED) is 0.657. The second kappa shape index (κ2) is 8.44. The average Bonchev–Trinajstić information content (AvgIpc) is 2.48. The minimum Gasteiger partial charge on any atom is -0.272 e. The zero-order valence-corrected chi connectivity index (χ0v) is 12.8. The van der Waals surface area contributed by atoms with Gasteiger partial charge in [0.25, 0.3) is 0 Å². The Kier molecular flexibility index (Phi) is 6.24. The minimum absolute atomic E-state index is 0.137. The molecular formula is C15H14ClN3OS. The number of carbonyl (C=O) groups excluding carboxylic acids is 1. The van der Waals surface area contributed by atoms with Crippen LogP contribution in [0.3, 0.4) is 0 Å². The lowest BCUT2D eigenvalue weighted by molar-refractivity contribution is -0.118. The second-order valence-corrected chi connectivity index (χ2v) is 5.62. The first-order chi connectivity index (χ1) is 10.2. The van der Waals surface area contributed by atoms with Crippen LogP contribution in [0, 0.1) is 0 Å². The minimum atomic E-state index is -0.137. The van der Waals surface area contributed by atoms with E-state index < -0.39 is 0 Å². The third kappa shape index (κ3) is 5.97. The fourth-order valence-corrected chi connectivity index (χ4v) is 2.53. The molecule has 1 N–H and O–H groups in total. The van der Waals surface area contributed by atoms with E-state index in [2.05, 4.69) is 15.5 Å². The molecule has 0 radical (unpaired) electrons. The number of nitrogens with one attached hydrogen (secondary N) is 1. The highest BCUT2D eigenvalue weighted by molar-refractivity contribution is 7.99. The molecule has 0 aliphatic heterocycles. The highest BCUT2D eigenvalue weighted by atomic mass is 35.5. The predicted molar refractivity (Wildman–Crippen MR) is 87.6 cm³/mol. The van der Waals surface area contributed by atoms with Crippen molar-refractivity contribution in [3.63, 3.8) is 0 Å². The van der Waals surface area contributed by atoms with Crippen molar-refractivity contribution < 1.29 is 4.79 Å². The van der Waals surface area contributed by atoms with Crippen LogP contribution in [0.1, 0.15) is 11.1 Å². The van der Waals surface area contributed by atoms with Crippen LogP contribution in [-0.2, 0) is 10.5 Å². The van der Waals surface area contributed by atoms with Gasteiger partial charge in [-0.25, -0.2) is 5.43 Å². The van der Waals surface area contributed by atoms with Gasteiger partial charge in [-0.05, 0) is 23.8 Å². The molecule has 1 aromatic carbocycles. The molecule has 0 aliphatic rings. The van der Waals surface area contributed by atoms with Crippen molar-refractivity contribution in [2.45, 2.75) is 5.75 Å². The summed E-state index contributed by atoms with van der Waals surface area (Å²) in [6, 6.07) is 11.3. The maximum Gasteiger partial charge on any atom is 0.250 e. The number of aromatic nitrogens is 1. The van der Waals surface area contributed by atoms with Gasteiger partial charge in [-0.2, -0.15) is 5.10 Å². The summed E-state index contributed by atoms with van der Waals surface area (Å²) in [4.78, 5) is 15.6. The fourth-order valence-electron chi connectivity index (χ4n) is 1.55. The molecule has 4 nitrogen and oxygen atoms in total. The number of hydrazone groups is 1. The molecular weight excluding hydrogens is 306 g/mol. The van der Waals surface area contributed by atoms with E-state index in [1.165, 1.54) is 11.8 Å². The van der Waals surface area contributed by atoms with E-state index in [1.807, 2.05) is 36.4 Å². The molecule has 0 unspecified atom stereocenters. The van der Waals surface area contributed by atoms with E-state index in [9.17, 15) is 4.79 Å². The van der Waals surface area contributed by atoms with Crippen molar-refractivity contribution in [3.8, 4) is 0 Å². The highest BCUT2D eigenvalue weighted by Gasteiger charge is 2.01. The number of amides is 1. The van der Waals surface area contributed by atoms with Gasteiger partial charge in [-0.1, -0.05) is 29.8 Å². The van der Waals surface area contributed by atoms with E-state index in [0.29, 0.717) is 10.8 Å². The van der Waals surface area contributed by atoms with Crippen molar-refractivity contribution in [2.75, 3.05) is 5.75 Å². The molecule has 108 valence electrons. The Morgan fingerprint density at radius 3 is 3.05 bits per heavy atom. The molecule has 0 saturated heterocycles. The largest absolute Gasteiger partial charge is 0.272 e. The van der Waals surface area contributed by atoms with Crippen LogP contribution in [0.5, 0.6) is 0 Å². The number of hydrogen-bond acceptors (Lipinski definition) is 4. The van der Waals surface area contributed by atoms with E-state index in [-0.39, 0.29) is 5.91 Å². The smallest absolute Gasteiger partial charge is 0.250 e. The summed E-state index contributed by atoms with van der Waals surface area (Å²) in [5.74, 6) is 0.944. The van der Waals surface area contributed by atoms with Crippen LogP contribution >= 0.6 is 23.4 Å². The van der Waals surface area contributed by atoms with Crippen molar-refractivity contribution in [2.24, 2.45) is 5.10 Å². The highest BCUT2D eigenvalue weighted by Crippen LogP contribution is 2.16. The van der Waals surface area contributed by atoms with Crippen LogP contribution in [0.4, 0.5) is 0 Å². The lowest BCUT2D eigenvalue weighted by Crippen LogP contribution is -2.19. The summed E-state index contributed by atoms with van der Waals surface area (Å²) in [6.07, 6.45) is 4.92. The van der Waals surface area contributed by atoms with Crippen molar-refractivity contribution >= 4 is 35.5 Å². The molecule has 1 heterocycles. The molecule has 21 heavy (non-hydrogen) atoms. The summed E-state index contributed by atoms with van der Waals surface area (Å²) in [5, 5.41) is 4.59. The first-order valence-electron chi connectivity index (χ1n) is 6.28. The molecule has 1 aromatic heterocycles. The third-order valence-electron chi connectivity index (χ3n) is 2.48. The average molecular weight is 320 g/mol. The van der Waals surface area contributed by atoms with E-state index >= 15 is 0 Å². The van der Waals surface area contributed by atoms with Gasteiger partial charge in [0, 0.05) is 28.7 Å². The lowest BCUT2D eigenvalue weighted by Gasteiger charge is -2.02. The van der Waals surface area contributed by atoms with E-state index in [4.69, 9.17) is 11.6 Å². The first kappa shape index (κ1) is 15.5. The summed E-state index contributed by atoms with van der Waals surface area (Å²) >= 11 is 7.41. The zero-order chi connectivity index (χ0) is 14.9. The molecule has 0 spiro atoms. The number of carbonyl (C=O) groups is 1. The van der Waals surface area contributed by atoms with Gasteiger partial charge >= 0.3 is 0 Å². The summed E-state index contributed by atoms with van der Waals surface area (Å²) in [6.45, 7) is 0. The number of thioether (sulfide) groups is 1. The van der Waals surface area contributed by atoms with Gasteiger partial charge in [-0.3, -0.25) is 9.78 Å². The van der Waals surface area contributed by atoms with Crippen molar-refractivity contribution in [1.29, 1.82) is 0 Å². The maximum atomic E-state index is 11.6. The number of benzene rings is 1. The van der Waals surface area contributed by atoms with Gasteiger partial charge < -0.3 is 0 Å². The van der Waals surface area contributed by atoms with Gasteiger partial charge in [0.1, 0.15) is 0 Å². The molecule has 0 bridgehead atoms. The summed E-state index contributed by atoms with van der Waals surface area (Å²) < 4.78 is 0. The number of rotatable bonds is 6. The Balaban J connectivity index is 1.69. The summed E-state index contributed by atoms with van der Waals surface area (Å²) in [7, 11) is 0. The Hall–Kier alpha value is -1.85. The van der Waals surface area contributed by atoms with Gasteiger partial charge in [0.15, 0.2) is 0 Å². The van der Waals surface area contributed by atoms with Crippen LogP contribution in [0.15, 0.2) is 53.9 Å². The topological polar surface area (TPSA) is 54.4 Å². The molecule has 1 amide bonds. The monoisotopic (exact) mass is 319 g/mol. The van der Waals surface area contributed by atoms with Crippen LogP contribution in [0.25, 0.3) is 0 Å². The maximum absolute atomic E-state index is 11.6. The number of pyridine rings is 1. The predicted octanol–water partition coefficient (Wildman–Crippen LogP) is 3.12. The van der Waals surface area contributed by atoms with Crippen LogP contribution < -0.4 is 5.43 Å². The fraction of sp³-hybridized carbons (Fsp3) is 0.133. The lowest BCUT2D eigenvalue weighted by atomic mass is 10.2. The molecule has 2 aromatic rings. The number of halogens is 1. The molecule has 0 saturated carbocycles. The van der Waals surface area contributed by atoms with E-state index in [0.717, 1.165) is 16.9 Å². The molecule has 6 heteroatoms. The number of hydrogen-bond donors (Lipinski definition) is 1. The normalized spacial score (nSPS) is 10.7. The van der Waals surface area contributed by atoms with Gasteiger partial charge in [0.2, 0.25) is 5.91 Å². The van der Waals surface area contributed by atoms with E-state index in [1.54, 1.807) is 18.6 Å². The molecule has 0 atom stereocenters. The Morgan fingerprint density at radius 1 is 1.38 bits per heavy atom. The summed E-state index contributed by atoms with van der Waals surface area (Å²) in [5.41, 5.74) is 4.42. The van der Waals surface area contributed by atoms with Crippen molar-refractivity contribution in [3.05, 3.63) is 64.9 Å². The van der Waals surface area contributed by atoms with Crippen LogP contribution in [-0.4, -0.2) is 22.9 Å². The second-order valence-electron chi connectivity index (χ2n) is 4.20. The first-order valence-corrected chi connectivity index (χ1v) is 7.81. The Labute approximate surface area is 132 Å². The third-order valence-corrected chi connectivity index (χ3v) is 3.72. The number of nitrogens with zero attached hydrogens (tertiary/aromatic N) is 2. The Bertz CT molecular complexity index is 619. The SMILES string of the molecule is O=C(CSCc1cccc(Cl)c1)N/N=C/c1cccnc1.